The molecule has 164 valence electrons. The van der Waals surface area contributed by atoms with Crippen LogP contribution < -0.4 is 20.7 Å². The van der Waals surface area contributed by atoms with E-state index < -0.39 is 11.2 Å². The summed E-state index contributed by atoms with van der Waals surface area (Å²) in [6.07, 6.45) is 0. The minimum Gasteiger partial charge on any atom is -0.497 e. The summed E-state index contributed by atoms with van der Waals surface area (Å²) < 4.78 is 16.8. The van der Waals surface area contributed by atoms with Gasteiger partial charge in [0.15, 0.2) is 0 Å². The molecule has 9 nitrogen and oxygen atoms in total. The predicted molar refractivity (Wildman–Crippen MR) is 122 cm³/mol. The molecule has 5 rings (SSSR count). The van der Waals surface area contributed by atoms with Crippen molar-refractivity contribution >= 4 is 10.9 Å². The number of H-pyrrole nitrogens is 1. The number of benzene rings is 3. The zero-order chi connectivity index (χ0) is 22.9. The molecule has 33 heavy (non-hydrogen) atoms. The molecule has 0 amide bonds. The van der Waals surface area contributed by atoms with Crippen LogP contribution in [0.15, 0.2) is 80.8 Å². The van der Waals surface area contributed by atoms with Crippen LogP contribution in [0.25, 0.3) is 39.4 Å². The molecule has 3 aromatic carbocycles. The highest BCUT2D eigenvalue weighted by Gasteiger charge is 2.14. The lowest BCUT2D eigenvalue weighted by Gasteiger charge is -2.08. The van der Waals surface area contributed by atoms with Crippen LogP contribution >= 0.6 is 0 Å². The summed E-state index contributed by atoms with van der Waals surface area (Å²) in [4.78, 5) is 32.9. The van der Waals surface area contributed by atoms with Crippen molar-refractivity contribution in [2.75, 3.05) is 14.2 Å². The summed E-state index contributed by atoms with van der Waals surface area (Å²) >= 11 is 0. The minimum atomic E-state index is -0.556. The zero-order valence-corrected chi connectivity index (χ0v) is 17.7. The number of ether oxygens (including phenoxy) is 2. The van der Waals surface area contributed by atoms with Gasteiger partial charge in [-0.15, -0.1) is 0 Å². The maximum Gasteiger partial charge on any atom is 0.333 e. The van der Waals surface area contributed by atoms with Crippen molar-refractivity contribution in [2.45, 2.75) is 0 Å². The first-order chi connectivity index (χ1) is 16.1. The number of nitrogens with one attached hydrogen (secondary N) is 1. The summed E-state index contributed by atoms with van der Waals surface area (Å²) in [5, 5.41) is 4.38. The van der Waals surface area contributed by atoms with Gasteiger partial charge in [0.05, 0.1) is 30.8 Å². The van der Waals surface area contributed by atoms with Gasteiger partial charge in [0.25, 0.3) is 11.4 Å². The normalized spacial score (nSPS) is 11.0. The predicted octanol–water partition coefficient (Wildman–Crippen LogP) is 3.41. The lowest BCUT2D eigenvalue weighted by molar-refractivity contribution is 0.414. The molecule has 0 saturated heterocycles. The molecule has 0 bridgehead atoms. The Morgan fingerprint density at radius 2 is 1.48 bits per heavy atom. The fraction of sp³-hybridized carbons (Fsp3) is 0.0833. The molecule has 2 aromatic heterocycles. The SMILES string of the molecule is COc1ccc(-c2noc(-c3ccc4c(=O)n(-c5ccc(OC)cc5)c(=O)[nH]c4c3)n2)cc1. The van der Waals surface area contributed by atoms with Gasteiger partial charge in [0, 0.05) is 11.1 Å². The van der Waals surface area contributed by atoms with Crippen molar-refractivity contribution in [3.8, 4) is 40.0 Å². The zero-order valence-electron chi connectivity index (χ0n) is 17.7. The molecule has 0 spiro atoms. The number of rotatable bonds is 5. The van der Waals surface area contributed by atoms with Crippen molar-refractivity contribution < 1.29 is 14.0 Å². The van der Waals surface area contributed by atoms with Crippen LogP contribution in [0, 0.1) is 0 Å². The highest BCUT2D eigenvalue weighted by molar-refractivity contribution is 5.82. The van der Waals surface area contributed by atoms with Crippen molar-refractivity contribution in [2.24, 2.45) is 0 Å². The third kappa shape index (κ3) is 3.65. The average Bonchev–Trinajstić information content (AvgIpc) is 3.34. The molecule has 0 atom stereocenters. The molecular weight excluding hydrogens is 424 g/mol. The fourth-order valence-corrected chi connectivity index (χ4v) is 3.51. The molecule has 0 saturated carbocycles. The average molecular weight is 442 g/mol. The number of nitrogens with zero attached hydrogens (tertiary/aromatic N) is 3. The van der Waals surface area contributed by atoms with Crippen LogP contribution in [-0.4, -0.2) is 33.9 Å². The number of aromatic nitrogens is 4. The summed E-state index contributed by atoms with van der Waals surface area (Å²) in [5.74, 6) is 2.03. The van der Waals surface area contributed by atoms with E-state index in [0.717, 1.165) is 15.9 Å². The third-order valence-electron chi connectivity index (χ3n) is 5.25. The number of methoxy groups -OCH3 is 2. The van der Waals surface area contributed by atoms with Crippen LogP contribution in [0.1, 0.15) is 0 Å². The number of hydrogen-bond acceptors (Lipinski definition) is 7. The Bertz CT molecular complexity index is 1560. The molecule has 9 heteroatoms. The smallest absolute Gasteiger partial charge is 0.333 e. The molecule has 1 N–H and O–H groups in total. The molecule has 0 aliphatic carbocycles. The van der Waals surface area contributed by atoms with Crippen LogP contribution in [0.3, 0.4) is 0 Å². The van der Waals surface area contributed by atoms with Crippen molar-refractivity contribution in [3.05, 3.63) is 87.6 Å². The first kappa shape index (κ1) is 20.3. The van der Waals surface area contributed by atoms with E-state index in [1.165, 1.54) is 0 Å². The number of hydrogen-bond donors (Lipinski definition) is 1. The highest BCUT2D eigenvalue weighted by atomic mass is 16.5. The Morgan fingerprint density at radius 1 is 0.848 bits per heavy atom. The van der Waals surface area contributed by atoms with E-state index in [4.69, 9.17) is 14.0 Å². The van der Waals surface area contributed by atoms with E-state index in [1.807, 2.05) is 12.1 Å². The summed E-state index contributed by atoms with van der Waals surface area (Å²) in [6.45, 7) is 0. The van der Waals surface area contributed by atoms with Gasteiger partial charge in [-0.2, -0.15) is 4.98 Å². The maximum atomic E-state index is 13.0. The van der Waals surface area contributed by atoms with Crippen LogP contribution in [0.2, 0.25) is 0 Å². The van der Waals surface area contributed by atoms with Gasteiger partial charge in [-0.25, -0.2) is 9.36 Å². The number of fused-ring (bicyclic) bond motifs is 1. The quantitative estimate of drug-likeness (QED) is 0.444. The van der Waals surface area contributed by atoms with Gasteiger partial charge < -0.3 is 19.0 Å². The second-order valence-electron chi connectivity index (χ2n) is 7.18. The number of aromatic amines is 1. The monoisotopic (exact) mass is 442 g/mol. The van der Waals surface area contributed by atoms with Gasteiger partial charge in [0.2, 0.25) is 5.82 Å². The molecule has 0 aliphatic rings. The van der Waals surface area contributed by atoms with Gasteiger partial charge >= 0.3 is 5.69 Å². The molecule has 0 unspecified atom stereocenters. The Balaban J connectivity index is 1.53. The first-order valence-electron chi connectivity index (χ1n) is 9.99. The Hall–Kier alpha value is -4.66. The van der Waals surface area contributed by atoms with Crippen molar-refractivity contribution in [1.82, 2.24) is 19.7 Å². The molecule has 5 aromatic rings. The topological polar surface area (TPSA) is 112 Å². The van der Waals surface area contributed by atoms with Crippen molar-refractivity contribution in [3.63, 3.8) is 0 Å². The van der Waals surface area contributed by atoms with Crippen LogP contribution in [0.5, 0.6) is 11.5 Å². The van der Waals surface area contributed by atoms with E-state index in [-0.39, 0.29) is 5.89 Å². The van der Waals surface area contributed by atoms with Gasteiger partial charge in [-0.05, 0) is 66.7 Å². The largest absolute Gasteiger partial charge is 0.497 e. The summed E-state index contributed by atoms with van der Waals surface area (Å²) in [7, 11) is 3.14. The summed E-state index contributed by atoms with van der Waals surface area (Å²) in [6, 6.07) is 18.9. The Kier molecular flexibility index (Phi) is 4.98. The molecule has 2 heterocycles. The minimum absolute atomic E-state index is 0.267. The van der Waals surface area contributed by atoms with Gasteiger partial charge in [-0.3, -0.25) is 4.79 Å². The van der Waals surface area contributed by atoms with Gasteiger partial charge in [-0.1, -0.05) is 5.16 Å². The van der Waals surface area contributed by atoms with Crippen molar-refractivity contribution in [1.29, 1.82) is 0 Å². The van der Waals surface area contributed by atoms with E-state index >= 15 is 0 Å². The second-order valence-corrected chi connectivity index (χ2v) is 7.18. The van der Waals surface area contributed by atoms with Crippen LogP contribution in [-0.2, 0) is 0 Å². The first-order valence-corrected chi connectivity index (χ1v) is 9.99. The van der Waals surface area contributed by atoms with Crippen LogP contribution in [0.4, 0.5) is 0 Å². The fourth-order valence-electron chi connectivity index (χ4n) is 3.51. The highest BCUT2D eigenvalue weighted by Crippen LogP contribution is 2.25. The maximum absolute atomic E-state index is 13.0. The lowest BCUT2D eigenvalue weighted by atomic mass is 10.1. The molecule has 0 radical (unpaired) electrons. The summed E-state index contributed by atoms with van der Waals surface area (Å²) in [5.41, 5.74) is 1.16. The van der Waals surface area contributed by atoms with E-state index in [0.29, 0.717) is 33.7 Å². The second kappa shape index (κ2) is 8.12. The Morgan fingerprint density at radius 3 is 2.15 bits per heavy atom. The standard InChI is InChI=1S/C24H18N4O5/c1-31-17-8-3-14(4-9-17)21-26-22(33-27-21)15-5-12-19-20(13-15)25-24(30)28(23(19)29)16-6-10-18(32-2)11-7-16/h3-13H,1-2H3,(H,25,30). The molecular formula is C24H18N4O5. The molecule has 0 aliphatic heterocycles. The lowest BCUT2D eigenvalue weighted by Crippen LogP contribution is -2.33. The van der Waals surface area contributed by atoms with E-state index in [1.54, 1.807) is 68.8 Å². The van der Waals surface area contributed by atoms with E-state index in [2.05, 4.69) is 15.1 Å². The van der Waals surface area contributed by atoms with E-state index in [9.17, 15) is 9.59 Å². The van der Waals surface area contributed by atoms with Gasteiger partial charge in [0.1, 0.15) is 11.5 Å². The molecule has 0 fully saturated rings. The Labute approximate surface area is 186 Å². The third-order valence-corrected chi connectivity index (χ3v) is 5.25.